The lowest BCUT2D eigenvalue weighted by molar-refractivity contribution is -0.274. The van der Waals surface area contributed by atoms with Gasteiger partial charge in [-0.3, -0.25) is 9.59 Å². The zero-order valence-electron chi connectivity index (χ0n) is 15.7. The molecule has 1 aliphatic rings. The van der Waals surface area contributed by atoms with Gasteiger partial charge in [-0.15, -0.1) is 36.3 Å². The van der Waals surface area contributed by atoms with E-state index in [2.05, 4.69) is 9.72 Å². The number of benzene rings is 2. The second kappa shape index (κ2) is 8.20. The van der Waals surface area contributed by atoms with E-state index in [0.717, 1.165) is 52.3 Å². The molecule has 0 radical (unpaired) electrons. The quantitative estimate of drug-likeness (QED) is 0.510. The lowest BCUT2D eigenvalue weighted by Gasteiger charge is -2.33. The van der Waals surface area contributed by atoms with E-state index in [1.807, 2.05) is 0 Å². The van der Waals surface area contributed by atoms with Gasteiger partial charge in [-0.25, -0.2) is 13.8 Å². The molecule has 168 valence electrons. The Morgan fingerprint density at radius 2 is 1.91 bits per heavy atom. The van der Waals surface area contributed by atoms with Gasteiger partial charge in [0.15, 0.2) is 5.82 Å². The van der Waals surface area contributed by atoms with Crippen molar-refractivity contribution < 1.29 is 41.4 Å². The number of carboxylic acid groups (broad SMARTS) is 1. The van der Waals surface area contributed by atoms with Gasteiger partial charge < -0.3 is 14.7 Å². The summed E-state index contributed by atoms with van der Waals surface area (Å²) in [6.45, 7) is -0.250. The lowest BCUT2D eigenvalue weighted by Crippen LogP contribution is -2.41. The number of carbonyl (C=O) groups is 2. The maximum atomic E-state index is 14.0. The Balaban J connectivity index is 1.73. The molecule has 4 rings (SSSR count). The predicted molar refractivity (Wildman–Crippen MR) is 106 cm³/mol. The molecule has 6 nitrogen and oxygen atoms in total. The van der Waals surface area contributed by atoms with Crippen molar-refractivity contribution in [3.05, 3.63) is 47.0 Å². The zero-order valence-corrected chi connectivity index (χ0v) is 17.3. The Bertz CT molecular complexity index is 1190. The average molecular weight is 490 g/mol. The molecular formula is C19H11F5N2O4S2. The second-order valence-corrected chi connectivity index (χ2v) is 8.95. The summed E-state index contributed by atoms with van der Waals surface area (Å²) >= 11 is 1.62. The lowest BCUT2D eigenvalue weighted by atomic mass is 10.2. The van der Waals surface area contributed by atoms with Crippen molar-refractivity contribution in [3.8, 4) is 5.75 Å². The zero-order chi connectivity index (χ0) is 23.2. The van der Waals surface area contributed by atoms with Gasteiger partial charge >= 0.3 is 12.3 Å². The first-order chi connectivity index (χ1) is 15.0. The van der Waals surface area contributed by atoms with Gasteiger partial charge in [0, 0.05) is 4.90 Å². The number of alkyl halides is 3. The highest BCUT2D eigenvalue weighted by atomic mass is 32.2. The first-order valence-corrected chi connectivity index (χ1v) is 10.5. The second-order valence-electron chi connectivity index (χ2n) is 6.62. The van der Waals surface area contributed by atoms with Crippen LogP contribution in [0.15, 0.2) is 35.2 Å². The number of nitrogens with zero attached hydrogens (tertiary/aromatic N) is 2. The highest BCUT2D eigenvalue weighted by Crippen LogP contribution is 2.44. The number of carboxylic acids is 1. The largest absolute Gasteiger partial charge is 0.573 e. The van der Waals surface area contributed by atoms with E-state index < -0.39 is 47.3 Å². The van der Waals surface area contributed by atoms with Gasteiger partial charge in [0.1, 0.15) is 22.1 Å². The Hall–Kier alpha value is -2.93. The molecule has 1 amide bonds. The van der Waals surface area contributed by atoms with Crippen LogP contribution in [-0.2, 0) is 16.1 Å². The molecule has 2 aromatic carbocycles. The summed E-state index contributed by atoms with van der Waals surface area (Å²) in [4.78, 5) is 29.5. The molecule has 0 saturated heterocycles. The number of carbonyl (C=O) groups excluding carboxylic acids is 1. The molecule has 0 fully saturated rings. The number of anilines is 1. The standard InChI is InChI=1S/C19H11F5N2O4S2/c20-9-2-3-10(21)17-16(9)25-14(32-17)7-26-11-4-1-8(30-19(22,23)24)5-12(11)31-13(18(26)29)6-15(27)28/h1-5,13H,6-7H2,(H,27,28). The molecule has 0 spiro atoms. The monoisotopic (exact) mass is 490 g/mol. The molecule has 13 heteroatoms. The molecule has 1 N–H and O–H groups in total. The van der Waals surface area contributed by atoms with Crippen LogP contribution in [0, 0.1) is 11.6 Å². The number of hydrogen-bond acceptors (Lipinski definition) is 6. The number of thioether (sulfide) groups is 1. The molecule has 1 atom stereocenters. The van der Waals surface area contributed by atoms with Gasteiger partial charge in [0.2, 0.25) is 5.91 Å². The molecule has 2 heterocycles. The predicted octanol–water partition coefficient (Wildman–Crippen LogP) is 4.96. The first kappa shape index (κ1) is 22.3. The van der Waals surface area contributed by atoms with Crippen molar-refractivity contribution >= 4 is 50.9 Å². The summed E-state index contributed by atoms with van der Waals surface area (Å²) in [6, 6.07) is 5.17. The van der Waals surface area contributed by atoms with E-state index in [0.29, 0.717) is 0 Å². The Morgan fingerprint density at radius 3 is 2.56 bits per heavy atom. The molecule has 0 saturated carbocycles. The number of ether oxygens (including phenoxy) is 1. The van der Waals surface area contributed by atoms with Crippen LogP contribution in [0.25, 0.3) is 10.2 Å². The van der Waals surface area contributed by atoms with Crippen molar-refractivity contribution in [1.29, 1.82) is 0 Å². The highest BCUT2D eigenvalue weighted by molar-refractivity contribution is 8.01. The summed E-state index contributed by atoms with van der Waals surface area (Å²) in [5.41, 5.74) is -0.00330. The van der Waals surface area contributed by atoms with Crippen LogP contribution in [-0.4, -0.2) is 33.6 Å². The normalized spacial score (nSPS) is 16.3. The van der Waals surface area contributed by atoms with Crippen LogP contribution in [0.4, 0.5) is 27.6 Å². The van der Waals surface area contributed by atoms with Gasteiger partial charge in [-0.05, 0) is 30.3 Å². The van der Waals surface area contributed by atoms with Crippen molar-refractivity contribution in [1.82, 2.24) is 4.98 Å². The molecule has 0 aliphatic carbocycles. The Labute approximate surface area is 184 Å². The Kier molecular flexibility index (Phi) is 5.71. The molecule has 3 aromatic rings. The molecule has 1 unspecified atom stereocenters. The van der Waals surface area contributed by atoms with Crippen LogP contribution in [0.2, 0.25) is 0 Å². The maximum Gasteiger partial charge on any atom is 0.573 e. The Morgan fingerprint density at radius 1 is 1.19 bits per heavy atom. The van der Waals surface area contributed by atoms with Crippen LogP contribution in [0.5, 0.6) is 5.75 Å². The molecule has 1 aliphatic heterocycles. The summed E-state index contributed by atoms with van der Waals surface area (Å²) in [7, 11) is 0. The van der Waals surface area contributed by atoms with E-state index in [-0.39, 0.29) is 32.4 Å². The van der Waals surface area contributed by atoms with Crippen molar-refractivity contribution in [2.24, 2.45) is 0 Å². The van der Waals surface area contributed by atoms with Crippen LogP contribution in [0.3, 0.4) is 0 Å². The maximum absolute atomic E-state index is 14.0. The fourth-order valence-corrected chi connectivity index (χ4v) is 5.36. The van der Waals surface area contributed by atoms with Gasteiger partial charge in [-0.2, -0.15) is 0 Å². The highest BCUT2D eigenvalue weighted by Gasteiger charge is 2.37. The molecule has 32 heavy (non-hydrogen) atoms. The number of amides is 1. The summed E-state index contributed by atoms with van der Waals surface area (Å²) in [5.74, 6) is -3.86. The van der Waals surface area contributed by atoms with Crippen molar-refractivity contribution in [2.45, 2.75) is 29.5 Å². The smallest absolute Gasteiger partial charge is 0.481 e. The summed E-state index contributed by atoms with van der Waals surface area (Å²) in [6.07, 6.45) is -5.51. The van der Waals surface area contributed by atoms with Crippen molar-refractivity contribution in [2.75, 3.05) is 4.90 Å². The molecule has 0 bridgehead atoms. The van der Waals surface area contributed by atoms with Crippen LogP contribution >= 0.6 is 23.1 Å². The first-order valence-electron chi connectivity index (χ1n) is 8.85. The minimum absolute atomic E-state index is 0.0462. The van der Waals surface area contributed by atoms with E-state index in [1.165, 1.54) is 6.07 Å². The van der Waals surface area contributed by atoms with Crippen LogP contribution in [0.1, 0.15) is 11.4 Å². The van der Waals surface area contributed by atoms with Gasteiger partial charge in [0.25, 0.3) is 0 Å². The minimum atomic E-state index is -4.93. The van der Waals surface area contributed by atoms with E-state index >= 15 is 0 Å². The third kappa shape index (κ3) is 4.48. The third-order valence-corrected chi connectivity index (χ3v) is 6.69. The van der Waals surface area contributed by atoms with Crippen LogP contribution < -0.4 is 9.64 Å². The summed E-state index contributed by atoms with van der Waals surface area (Å²) in [5, 5.41) is 8.17. The van der Waals surface area contributed by atoms with Crippen molar-refractivity contribution in [3.63, 3.8) is 0 Å². The van der Waals surface area contributed by atoms with E-state index in [9.17, 15) is 31.5 Å². The van der Waals surface area contributed by atoms with E-state index in [4.69, 9.17) is 5.11 Å². The number of halogens is 5. The number of aromatic nitrogens is 1. The molecule has 1 aromatic heterocycles. The third-order valence-electron chi connectivity index (χ3n) is 4.41. The molecular weight excluding hydrogens is 479 g/mol. The van der Waals surface area contributed by atoms with Gasteiger partial charge in [-0.1, -0.05) is 0 Å². The minimum Gasteiger partial charge on any atom is -0.481 e. The number of fused-ring (bicyclic) bond motifs is 2. The number of hydrogen-bond donors (Lipinski definition) is 1. The fourth-order valence-electron chi connectivity index (χ4n) is 3.15. The number of aliphatic carboxylic acids is 1. The SMILES string of the molecule is O=C(O)CC1Sc2cc(OC(F)(F)F)ccc2N(Cc2nc3c(F)ccc(F)c3s2)C1=O. The fraction of sp³-hybridized carbons (Fsp3) is 0.211. The topological polar surface area (TPSA) is 79.7 Å². The average Bonchev–Trinajstić information content (AvgIpc) is 3.11. The number of rotatable bonds is 5. The summed E-state index contributed by atoms with van der Waals surface area (Å²) < 4.78 is 69.6. The van der Waals surface area contributed by atoms with E-state index in [1.54, 1.807) is 0 Å². The van der Waals surface area contributed by atoms with Gasteiger partial charge in [0.05, 0.1) is 28.6 Å². The number of thiazole rings is 1.